The number of carbonyl (C=O) groups excluding carboxylic acids is 3. The second kappa shape index (κ2) is 16.9. The molecular formula is C40H49N7O6. The largest absolute Gasteiger partial charge is 0.444 e. The molecule has 2 aromatic heterocycles. The first-order valence-corrected chi connectivity index (χ1v) is 18.3. The van der Waals surface area contributed by atoms with Crippen LogP contribution in [0.15, 0.2) is 77.7 Å². The first-order chi connectivity index (χ1) is 25.5. The summed E-state index contributed by atoms with van der Waals surface area (Å²) in [5.74, 6) is 0.461. The minimum atomic E-state index is -0.824. The number of rotatable bonds is 11. The molecule has 0 spiro atoms. The van der Waals surface area contributed by atoms with Crippen LogP contribution in [0.4, 0.5) is 16.3 Å². The Hall–Kier alpha value is -5.43. The Morgan fingerprint density at radius 3 is 2.21 bits per heavy atom. The highest BCUT2D eigenvalue weighted by molar-refractivity contribution is 5.97. The summed E-state index contributed by atoms with van der Waals surface area (Å²) in [6, 6.07) is 19.8. The predicted octanol–water partition coefficient (Wildman–Crippen LogP) is 5.27. The molecule has 13 heteroatoms. The number of carbonyl (C=O) groups is 3. The van der Waals surface area contributed by atoms with E-state index >= 15 is 0 Å². The number of nitrogens with one attached hydrogen (secondary N) is 5. The van der Waals surface area contributed by atoms with Gasteiger partial charge in [-0.3, -0.25) is 24.6 Å². The molecule has 2 aliphatic rings. The summed E-state index contributed by atoms with van der Waals surface area (Å²) in [5.41, 5.74) is 4.09. The molecule has 0 bridgehead atoms. The van der Waals surface area contributed by atoms with Crippen LogP contribution in [0.3, 0.4) is 0 Å². The van der Waals surface area contributed by atoms with E-state index in [1.165, 1.54) is 6.07 Å². The van der Waals surface area contributed by atoms with E-state index in [0.717, 1.165) is 54.0 Å². The van der Waals surface area contributed by atoms with Gasteiger partial charge >= 0.3 is 6.09 Å². The van der Waals surface area contributed by atoms with E-state index in [1.807, 2.05) is 57.3 Å². The zero-order valence-corrected chi connectivity index (χ0v) is 30.6. The number of pyridine rings is 1. The molecule has 53 heavy (non-hydrogen) atoms. The fraction of sp³-hybridized carbons (Fsp3) is 0.425. The second-order valence-corrected chi connectivity index (χ2v) is 14.8. The van der Waals surface area contributed by atoms with Gasteiger partial charge in [0.2, 0.25) is 11.8 Å². The quantitative estimate of drug-likeness (QED) is 0.140. The summed E-state index contributed by atoms with van der Waals surface area (Å²) in [7, 11) is 0. The molecule has 5 N–H and O–H groups in total. The normalized spacial score (nSPS) is 18.1. The molecule has 1 aliphatic heterocycles. The summed E-state index contributed by atoms with van der Waals surface area (Å²) in [6.07, 6.45) is 4.63. The molecule has 1 unspecified atom stereocenters. The van der Waals surface area contributed by atoms with Gasteiger partial charge in [-0.2, -0.15) is 0 Å². The summed E-state index contributed by atoms with van der Waals surface area (Å²) in [4.78, 5) is 58.0. The third-order valence-electron chi connectivity index (χ3n) is 9.65. The Morgan fingerprint density at radius 1 is 0.906 bits per heavy atom. The Bertz CT molecular complexity index is 1880. The molecule has 2 fully saturated rings. The number of ether oxygens (including phenoxy) is 2. The lowest BCUT2D eigenvalue weighted by molar-refractivity contribution is -0.130. The van der Waals surface area contributed by atoms with Crippen molar-refractivity contribution in [1.82, 2.24) is 25.8 Å². The number of anilines is 2. The number of benzene rings is 2. The van der Waals surface area contributed by atoms with E-state index in [4.69, 9.17) is 9.47 Å². The van der Waals surface area contributed by atoms with E-state index in [2.05, 4.69) is 42.1 Å². The van der Waals surface area contributed by atoms with Crippen LogP contribution in [0, 0.1) is 11.8 Å². The van der Waals surface area contributed by atoms with Crippen molar-refractivity contribution in [2.45, 2.75) is 64.5 Å². The predicted molar refractivity (Wildman–Crippen MR) is 204 cm³/mol. The summed E-state index contributed by atoms with van der Waals surface area (Å²) in [6.45, 7) is 9.02. The molecule has 3 heterocycles. The van der Waals surface area contributed by atoms with Crippen molar-refractivity contribution in [3.8, 4) is 22.4 Å². The van der Waals surface area contributed by atoms with Gasteiger partial charge in [-0.05, 0) is 93.3 Å². The lowest BCUT2D eigenvalue weighted by Crippen LogP contribution is -2.48. The second-order valence-electron chi connectivity index (χ2n) is 14.8. The topological polar surface area (TPSA) is 171 Å². The molecule has 4 aromatic rings. The van der Waals surface area contributed by atoms with Crippen molar-refractivity contribution in [2.24, 2.45) is 11.8 Å². The maximum absolute atomic E-state index is 13.8. The monoisotopic (exact) mass is 723 g/mol. The maximum Gasteiger partial charge on any atom is 0.407 e. The average molecular weight is 724 g/mol. The Kier molecular flexibility index (Phi) is 11.9. The van der Waals surface area contributed by atoms with Crippen molar-refractivity contribution in [3.05, 3.63) is 88.8 Å². The molecule has 1 saturated heterocycles. The summed E-state index contributed by atoms with van der Waals surface area (Å²) < 4.78 is 10.8. The fourth-order valence-electron chi connectivity index (χ4n) is 6.72. The van der Waals surface area contributed by atoms with Crippen molar-refractivity contribution < 1.29 is 23.9 Å². The van der Waals surface area contributed by atoms with E-state index in [-0.39, 0.29) is 29.2 Å². The third-order valence-corrected chi connectivity index (χ3v) is 9.65. The Morgan fingerprint density at radius 2 is 1.58 bits per heavy atom. The van der Waals surface area contributed by atoms with E-state index in [1.54, 1.807) is 24.3 Å². The number of aromatic amines is 2. The van der Waals surface area contributed by atoms with Crippen LogP contribution >= 0.6 is 0 Å². The number of morpholine rings is 1. The number of aromatic nitrogens is 3. The summed E-state index contributed by atoms with van der Waals surface area (Å²) in [5, 5.41) is 14.2. The third kappa shape index (κ3) is 10.6. The van der Waals surface area contributed by atoms with Crippen LogP contribution in [0.2, 0.25) is 0 Å². The molecule has 280 valence electrons. The van der Waals surface area contributed by atoms with Gasteiger partial charge in [0.05, 0.1) is 18.9 Å². The lowest BCUT2D eigenvalue weighted by Gasteiger charge is -2.29. The van der Waals surface area contributed by atoms with Crippen LogP contribution < -0.4 is 26.4 Å². The van der Waals surface area contributed by atoms with Gasteiger partial charge < -0.3 is 30.3 Å². The molecule has 13 nitrogen and oxygen atoms in total. The highest BCUT2D eigenvalue weighted by atomic mass is 16.6. The highest BCUT2D eigenvalue weighted by Gasteiger charge is 2.30. The highest BCUT2D eigenvalue weighted by Crippen LogP contribution is 2.29. The van der Waals surface area contributed by atoms with Crippen molar-refractivity contribution in [1.29, 1.82) is 0 Å². The van der Waals surface area contributed by atoms with Crippen molar-refractivity contribution in [3.63, 3.8) is 0 Å². The van der Waals surface area contributed by atoms with Gasteiger partial charge in [-0.1, -0.05) is 36.4 Å². The first-order valence-electron chi connectivity index (χ1n) is 18.3. The molecule has 1 atom stereocenters. The van der Waals surface area contributed by atoms with Gasteiger partial charge in [0.25, 0.3) is 5.56 Å². The van der Waals surface area contributed by atoms with Gasteiger partial charge in [-0.15, -0.1) is 0 Å². The molecule has 1 saturated carbocycles. The van der Waals surface area contributed by atoms with Crippen molar-refractivity contribution in [2.75, 3.05) is 43.1 Å². The van der Waals surface area contributed by atoms with E-state index in [9.17, 15) is 19.2 Å². The standard InChI is InChI=1S/C40H49N7O6/c1-40(2,3)53-39(51)42-24-27-6-10-30(11-7-27)37(49)44-34(38(50)43-32-15-12-29(13-16-32)33-23-36(48)46-45-33)22-26-4-8-28(9-5-26)31-14-17-35(41-25-31)47-18-20-52-21-19-47/h4-5,8-9,12-17,23,25,27,30,34H,6-7,10-11,18-22,24H2,1-3H3,(H,42,51)(H,43,50)(H,44,49)(H2,45,46,48). The van der Waals surface area contributed by atoms with E-state index < -0.39 is 17.7 Å². The maximum atomic E-state index is 13.8. The minimum Gasteiger partial charge on any atom is -0.444 e. The molecule has 2 aromatic carbocycles. The van der Waals surface area contributed by atoms with Crippen LogP contribution in [-0.4, -0.2) is 77.6 Å². The summed E-state index contributed by atoms with van der Waals surface area (Å²) >= 11 is 0. The molecule has 6 rings (SSSR count). The van der Waals surface area contributed by atoms with Crippen LogP contribution in [-0.2, 0) is 25.5 Å². The van der Waals surface area contributed by atoms with E-state index in [0.29, 0.717) is 50.4 Å². The molecular weight excluding hydrogens is 674 g/mol. The number of hydrogen-bond acceptors (Lipinski definition) is 8. The number of nitrogens with zero attached hydrogens (tertiary/aromatic N) is 2. The SMILES string of the molecule is CC(C)(C)OC(=O)NCC1CCC(C(=O)NC(Cc2ccc(-c3ccc(N4CCOCC4)nc3)cc2)C(=O)Nc2ccc(-c3cc(=O)[nH][nH]3)cc2)CC1. The van der Waals surface area contributed by atoms with Gasteiger partial charge in [-0.25, -0.2) is 9.78 Å². The lowest BCUT2D eigenvalue weighted by atomic mass is 9.81. The number of amides is 3. The number of H-pyrrole nitrogens is 2. The van der Waals surface area contributed by atoms with Crippen LogP contribution in [0.5, 0.6) is 0 Å². The zero-order valence-electron chi connectivity index (χ0n) is 30.6. The van der Waals surface area contributed by atoms with Gasteiger partial charge in [0.15, 0.2) is 0 Å². The van der Waals surface area contributed by atoms with Gasteiger partial charge in [0, 0.05) is 55.5 Å². The Labute approximate surface area is 309 Å². The molecule has 0 radical (unpaired) electrons. The average Bonchev–Trinajstić information content (AvgIpc) is 3.60. The number of hydrogen-bond donors (Lipinski definition) is 5. The van der Waals surface area contributed by atoms with Crippen molar-refractivity contribution >= 4 is 29.4 Å². The van der Waals surface area contributed by atoms with Gasteiger partial charge in [0.1, 0.15) is 17.5 Å². The van der Waals surface area contributed by atoms with Crippen LogP contribution in [0.1, 0.15) is 52.0 Å². The van der Waals surface area contributed by atoms with Crippen LogP contribution in [0.25, 0.3) is 22.4 Å². The molecule has 3 amide bonds. The first kappa shape index (κ1) is 37.3. The molecule has 1 aliphatic carbocycles. The Balaban J connectivity index is 1.10. The minimum absolute atomic E-state index is 0.154. The smallest absolute Gasteiger partial charge is 0.407 e. The number of alkyl carbamates (subject to hydrolysis) is 1. The zero-order chi connectivity index (χ0) is 37.4. The fourth-order valence-corrected chi connectivity index (χ4v) is 6.72.